The van der Waals surface area contributed by atoms with Crippen molar-refractivity contribution >= 4 is 23.2 Å². The highest BCUT2D eigenvalue weighted by Gasteiger charge is 2.22. The van der Waals surface area contributed by atoms with Gasteiger partial charge in [-0.2, -0.15) is 0 Å². The van der Waals surface area contributed by atoms with Crippen LogP contribution < -0.4 is 20.1 Å². The smallest absolute Gasteiger partial charge is 0.255 e. The normalized spacial score (nSPS) is 13.6. The molecule has 1 heterocycles. The van der Waals surface area contributed by atoms with Crippen LogP contribution in [0.4, 0.5) is 15.8 Å². The quantitative estimate of drug-likeness (QED) is 0.385. The van der Waals surface area contributed by atoms with Crippen LogP contribution in [0.2, 0.25) is 0 Å². The van der Waals surface area contributed by atoms with Crippen LogP contribution in [0.3, 0.4) is 0 Å². The first-order valence-electron chi connectivity index (χ1n) is 12.2. The van der Waals surface area contributed by atoms with Gasteiger partial charge in [-0.05, 0) is 62.2 Å². The number of halogens is 1. The monoisotopic (exact) mass is 491 g/mol. The van der Waals surface area contributed by atoms with Crippen molar-refractivity contribution in [3.05, 3.63) is 77.9 Å². The zero-order valence-electron chi connectivity index (χ0n) is 20.3. The number of carbonyl (C=O) groups is 2. The van der Waals surface area contributed by atoms with Crippen molar-refractivity contribution in [1.82, 2.24) is 4.98 Å². The molecule has 1 fully saturated rings. The molecule has 0 bridgehead atoms. The van der Waals surface area contributed by atoms with Crippen molar-refractivity contribution < 1.29 is 23.5 Å². The first kappa shape index (κ1) is 25.2. The largest absolute Gasteiger partial charge is 0.490 e. The summed E-state index contributed by atoms with van der Waals surface area (Å²) in [6, 6.07) is 12.8. The predicted octanol–water partition coefficient (Wildman–Crippen LogP) is 5.97. The van der Waals surface area contributed by atoms with Gasteiger partial charge in [0.2, 0.25) is 5.91 Å². The van der Waals surface area contributed by atoms with Gasteiger partial charge in [0.05, 0.1) is 12.3 Å². The van der Waals surface area contributed by atoms with Crippen LogP contribution in [0.15, 0.2) is 60.9 Å². The molecule has 0 spiro atoms. The summed E-state index contributed by atoms with van der Waals surface area (Å²) in [6.07, 6.45) is 8.18. The maximum absolute atomic E-state index is 14.4. The maximum atomic E-state index is 14.4. The number of amides is 2. The molecular weight excluding hydrogens is 461 g/mol. The van der Waals surface area contributed by atoms with E-state index in [1.807, 2.05) is 19.1 Å². The second-order valence-corrected chi connectivity index (χ2v) is 8.72. The highest BCUT2D eigenvalue weighted by atomic mass is 19.1. The third-order valence-corrected chi connectivity index (χ3v) is 6.08. The maximum Gasteiger partial charge on any atom is 0.255 e. The van der Waals surface area contributed by atoms with Crippen molar-refractivity contribution in [2.24, 2.45) is 5.92 Å². The van der Waals surface area contributed by atoms with Crippen molar-refractivity contribution in [2.45, 2.75) is 45.6 Å². The fraction of sp³-hybridized carbons (Fsp3) is 0.321. The fourth-order valence-corrected chi connectivity index (χ4v) is 4.18. The summed E-state index contributed by atoms with van der Waals surface area (Å²) in [6.45, 7) is 2.56. The summed E-state index contributed by atoms with van der Waals surface area (Å²) in [5, 5.41) is 5.45. The number of aromatic nitrogens is 1. The summed E-state index contributed by atoms with van der Waals surface area (Å²) in [4.78, 5) is 29.6. The Kier molecular flexibility index (Phi) is 8.49. The number of ether oxygens (including phenoxy) is 2. The lowest BCUT2D eigenvalue weighted by Crippen LogP contribution is -2.25. The molecule has 1 aliphatic rings. The third-order valence-electron chi connectivity index (χ3n) is 6.08. The summed E-state index contributed by atoms with van der Waals surface area (Å²) in [7, 11) is 0. The Bertz CT molecular complexity index is 1200. The molecule has 188 valence electrons. The second-order valence-electron chi connectivity index (χ2n) is 8.72. The van der Waals surface area contributed by atoms with E-state index in [1.165, 1.54) is 18.2 Å². The van der Waals surface area contributed by atoms with Crippen molar-refractivity contribution in [3.63, 3.8) is 0 Å². The molecule has 36 heavy (non-hydrogen) atoms. The van der Waals surface area contributed by atoms with E-state index in [0.29, 0.717) is 36.0 Å². The number of nitrogens with one attached hydrogen (secondary N) is 2. The number of anilines is 2. The molecule has 2 N–H and O–H groups in total. The van der Waals surface area contributed by atoms with Gasteiger partial charge >= 0.3 is 0 Å². The van der Waals surface area contributed by atoms with Gasteiger partial charge in [-0.1, -0.05) is 25.3 Å². The van der Waals surface area contributed by atoms with Crippen LogP contribution in [0.1, 0.15) is 54.9 Å². The van der Waals surface area contributed by atoms with Crippen LogP contribution in [-0.4, -0.2) is 23.4 Å². The Hall–Kier alpha value is -3.94. The summed E-state index contributed by atoms with van der Waals surface area (Å²) < 4.78 is 25.9. The number of benzene rings is 2. The van der Waals surface area contributed by atoms with Crippen LogP contribution in [0.25, 0.3) is 0 Å². The first-order valence-corrected chi connectivity index (χ1v) is 12.2. The molecule has 1 aromatic heterocycles. The van der Waals surface area contributed by atoms with Gasteiger partial charge in [-0.25, -0.2) is 4.39 Å². The lowest BCUT2D eigenvalue weighted by Gasteiger charge is -2.21. The Morgan fingerprint density at radius 3 is 2.58 bits per heavy atom. The summed E-state index contributed by atoms with van der Waals surface area (Å²) >= 11 is 0. The van der Waals surface area contributed by atoms with Gasteiger partial charge in [0, 0.05) is 35.1 Å². The van der Waals surface area contributed by atoms with Crippen LogP contribution in [0.5, 0.6) is 11.5 Å². The Morgan fingerprint density at radius 1 is 1.00 bits per heavy atom. The molecule has 7 nitrogen and oxygen atoms in total. The van der Waals surface area contributed by atoms with Gasteiger partial charge in [-0.15, -0.1) is 0 Å². The van der Waals surface area contributed by atoms with Crippen molar-refractivity contribution in [1.29, 1.82) is 0 Å². The molecule has 1 aliphatic carbocycles. The minimum absolute atomic E-state index is 0.0533. The SMILES string of the molecule is CCOc1cc(C(=O)Nc2ccc(F)c(NC(=O)C3CCCCC3)c2)ccc1OCc1cccnc1. The second kappa shape index (κ2) is 12.2. The summed E-state index contributed by atoms with van der Waals surface area (Å²) in [5.41, 5.74) is 1.68. The lowest BCUT2D eigenvalue weighted by molar-refractivity contribution is -0.120. The predicted molar refractivity (Wildman–Crippen MR) is 136 cm³/mol. The number of rotatable bonds is 9. The number of nitrogens with zero attached hydrogens (tertiary/aromatic N) is 1. The lowest BCUT2D eigenvalue weighted by atomic mass is 9.88. The zero-order valence-corrected chi connectivity index (χ0v) is 20.3. The van der Waals surface area contributed by atoms with E-state index in [0.717, 1.165) is 37.7 Å². The number of pyridine rings is 1. The molecule has 4 rings (SSSR count). The third kappa shape index (κ3) is 6.59. The molecule has 8 heteroatoms. The highest BCUT2D eigenvalue weighted by molar-refractivity contribution is 6.05. The van der Waals surface area contributed by atoms with E-state index in [-0.39, 0.29) is 17.5 Å². The standard InChI is InChI=1S/C28H30FN3O4/c1-2-35-26-15-21(10-13-25(26)36-18-19-7-6-14-30-17-19)28(34)31-22-11-12-23(29)24(16-22)32-27(33)20-8-4-3-5-9-20/h6-7,10-17,20H,2-5,8-9,18H2,1H3,(H,31,34)(H,32,33). The number of carbonyl (C=O) groups excluding carboxylic acids is 2. The summed E-state index contributed by atoms with van der Waals surface area (Å²) in [5.74, 6) is -0.287. The van der Waals surface area contributed by atoms with E-state index in [4.69, 9.17) is 9.47 Å². The molecule has 3 aromatic rings. The number of hydrogen-bond donors (Lipinski definition) is 2. The zero-order chi connectivity index (χ0) is 25.3. The van der Waals surface area contributed by atoms with Crippen molar-refractivity contribution in [3.8, 4) is 11.5 Å². The molecule has 2 amide bonds. The molecule has 1 saturated carbocycles. The van der Waals surface area contributed by atoms with Crippen molar-refractivity contribution in [2.75, 3.05) is 17.2 Å². The highest BCUT2D eigenvalue weighted by Crippen LogP contribution is 2.30. The Labute approximate surface area is 210 Å². The average Bonchev–Trinajstić information content (AvgIpc) is 2.91. The Morgan fingerprint density at radius 2 is 1.83 bits per heavy atom. The van der Waals surface area contributed by atoms with E-state index in [1.54, 1.807) is 30.6 Å². The number of hydrogen-bond acceptors (Lipinski definition) is 5. The molecular formula is C28H30FN3O4. The van der Waals surface area contributed by atoms with E-state index >= 15 is 0 Å². The van der Waals surface area contributed by atoms with Gasteiger partial charge in [-0.3, -0.25) is 14.6 Å². The van der Waals surface area contributed by atoms with E-state index in [9.17, 15) is 14.0 Å². The Balaban J connectivity index is 1.44. The van der Waals surface area contributed by atoms with E-state index < -0.39 is 11.7 Å². The first-order chi connectivity index (χ1) is 17.5. The molecule has 0 radical (unpaired) electrons. The van der Waals surface area contributed by atoms with Crippen LogP contribution >= 0.6 is 0 Å². The van der Waals surface area contributed by atoms with Crippen LogP contribution in [0, 0.1) is 11.7 Å². The van der Waals surface area contributed by atoms with Gasteiger partial charge in [0.25, 0.3) is 5.91 Å². The van der Waals surface area contributed by atoms with E-state index in [2.05, 4.69) is 15.6 Å². The minimum atomic E-state index is -0.550. The van der Waals surface area contributed by atoms with Gasteiger partial charge in [0.15, 0.2) is 11.5 Å². The molecule has 2 aromatic carbocycles. The topological polar surface area (TPSA) is 89.6 Å². The average molecular weight is 492 g/mol. The molecule has 0 saturated heterocycles. The minimum Gasteiger partial charge on any atom is -0.490 e. The van der Waals surface area contributed by atoms with Crippen LogP contribution in [-0.2, 0) is 11.4 Å². The molecule has 0 atom stereocenters. The molecule has 0 unspecified atom stereocenters. The molecule has 0 aliphatic heterocycles. The van der Waals surface area contributed by atoms with Gasteiger partial charge < -0.3 is 20.1 Å². The fourth-order valence-electron chi connectivity index (χ4n) is 4.18. The van der Waals surface area contributed by atoms with Gasteiger partial charge in [0.1, 0.15) is 12.4 Å².